The Morgan fingerprint density at radius 3 is 2.33 bits per heavy atom. The zero-order valence-corrected chi connectivity index (χ0v) is 16.6. The number of hydrogen-bond acceptors (Lipinski definition) is 4. The second-order valence-electron chi connectivity index (χ2n) is 6.90. The summed E-state index contributed by atoms with van der Waals surface area (Å²) in [5.41, 5.74) is 4.15. The first-order chi connectivity index (χ1) is 12.7. The second kappa shape index (κ2) is 8.86. The Balaban J connectivity index is 1.94. The first-order valence-electron chi connectivity index (χ1n) is 9.18. The Labute approximate surface area is 159 Å². The van der Waals surface area contributed by atoms with Crippen molar-refractivity contribution in [3.05, 3.63) is 52.3 Å². The van der Waals surface area contributed by atoms with E-state index in [-0.39, 0.29) is 12.3 Å². The van der Waals surface area contributed by atoms with Gasteiger partial charge in [0.05, 0.1) is 6.10 Å². The van der Waals surface area contributed by atoms with Gasteiger partial charge in [0.15, 0.2) is 6.61 Å². The van der Waals surface area contributed by atoms with E-state index in [4.69, 9.17) is 4.74 Å². The fourth-order valence-electron chi connectivity index (χ4n) is 3.13. The van der Waals surface area contributed by atoms with Gasteiger partial charge in [-0.15, -0.1) is 0 Å². The standard InChI is InChI=1S/C21H28N2O4/c1-6-12(2)16-7-9-17(10-8-16)23-18(25)11-27-21(26)20-13(3)19(15(5)24)14(4)22-20/h7-10,12,15,22,24H,6,11H2,1-5H3,(H,23,25)/t12-,15+/m0/s1. The van der Waals surface area contributed by atoms with Gasteiger partial charge in [-0.3, -0.25) is 4.79 Å². The van der Waals surface area contributed by atoms with Gasteiger partial charge in [-0.2, -0.15) is 0 Å². The molecule has 2 aromatic rings. The molecule has 1 amide bonds. The average Bonchev–Trinajstić information content (AvgIpc) is 2.94. The molecule has 1 aromatic carbocycles. The third-order valence-electron chi connectivity index (χ3n) is 4.83. The summed E-state index contributed by atoms with van der Waals surface area (Å²) in [4.78, 5) is 27.2. The molecular weight excluding hydrogens is 344 g/mol. The summed E-state index contributed by atoms with van der Waals surface area (Å²) >= 11 is 0. The lowest BCUT2D eigenvalue weighted by molar-refractivity contribution is -0.119. The number of amides is 1. The number of aryl methyl sites for hydroxylation is 1. The first kappa shape index (κ1) is 20.7. The summed E-state index contributed by atoms with van der Waals surface area (Å²) in [6.45, 7) is 9.06. The number of ether oxygens (including phenoxy) is 1. The average molecular weight is 372 g/mol. The van der Waals surface area contributed by atoms with Gasteiger partial charge in [0.1, 0.15) is 5.69 Å². The van der Waals surface area contributed by atoms with Gasteiger partial charge in [0.25, 0.3) is 5.91 Å². The van der Waals surface area contributed by atoms with Crippen LogP contribution in [0, 0.1) is 13.8 Å². The number of hydrogen-bond donors (Lipinski definition) is 3. The van der Waals surface area contributed by atoms with Crippen molar-refractivity contribution < 1.29 is 19.4 Å². The predicted octanol–water partition coefficient (Wildman–Crippen LogP) is 3.99. The lowest BCUT2D eigenvalue weighted by Crippen LogP contribution is -2.21. The molecule has 0 aliphatic rings. The monoisotopic (exact) mass is 372 g/mol. The quantitative estimate of drug-likeness (QED) is 0.641. The molecule has 27 heavy (non-hydrogen) atoms. The highest BCUT2D eigenvalue weighted by Crippen LogP contribution is 2.25. The summed E-state index contributed by atoms with van der Waals surface area (Å²) in [5, 5.41) is 12.5. The highest BCUT2D eigenvalue weighted by Gasteiger charge is 2.21. The van der Waals surface area contributed by atoms with Crippen LogP contribution in [0.3, 0.4) is 0 Å². The van der Waals surface area contributed by atoms with Gasteiger partial charge < -0.3 is 20.1 Å². The lowest BCUT2D eigenvalue weighted by Gasteiger charge is -2.11. The van der Waals surface area contributed by atoms with E-state index < -0.39 is 18.0 Å². The van der Waals surface area contributed by atoms with Crippen LogP contribution in [0.4, 0.5) is 5.69 Å². The van der Waals surface area contributed by atoms with Crippen molar-refractivity contribution in [3.8, 4) is 0 Å². The number of rotatable bonds is 7. The molecule has 0 fully saturated rings. The molecule has 0 unspecified atom stereocenters. The third kappa shape index (κ3) is 4.98. The third-order valence-corrected chi connectivity index (χ3v) is 4.83. The molecule has 2 atom stereocenters. The van der Waals surface area contributed by atoms with Gasteiger partial charge in [0.2, 0.25) is 0 Å². The van der Waals surface area contributed by atoms with Crippen molar-refractivity contribution in [1.82, 2.24) is 4.98 Å². The molecule has 6 heteroatoms. The molecule has 0 spiro atoms. The zero-order chi connectivity index (χ0) is 20.1. The summed E-state index contributed by atoms with van der Waals surface area (Å²) in [6, 6.07) is 7.65. The van der Waals surface area contributed by atoms with Crippen LogP contribution in [0.5, 0.6) is 0 Å². The Morgan fingerprint density at radius 1 is 1.19 bits per heavy atom. The number of aromatic nitrogens is 1. The van der Waals surface area contributed by atoms with E-state index in [9.17, 15) is 14.7 Å². The minimum absolute atomic E-state index is 0.258. The number of nitrogens with one attached hydrogen (secondary N) is 2. The van der Waals surface area contributed by atoms with E-state index in [0.29, 0.717) is 28.4 Å². The maximum absolute atomic E-state index is 12.2. The molecule has 0 aliphatic heterocycles. The second-order valence-corrected chi connectivity index (χ2v) is 6.90. The van der Waals surface area contributed by atoms with Crippen LogP contribution in [0.1, 0.15) is 72.1 Å². The van der Waals surface area contributed by atoms with Crippen LogP contribution >= 0.6 is 0 Å². The SMILES string of the molecule is CC[C@H](C)c1ccc(NC(=O)COC(=O)c2[nH]c(C)c([C@@H](C)O)c2C)cc1. The normalized spacial score (nSPS) is 13.1. The number of benzene rings is 1. The molecule has 0 saturated carbocycles. The molecule has 0 saturated heterocycles. The van der Waals surface area contributed by atoms with Crippen LogP contribution in [0.25, 0.3) is 0 Å². The number of aromatic amines is 1. The molecular formula is C21H28N2O4. The van der Waals surface area contributed by atoms with Crippen molar-refractivity contribution in [2.75, 3.05) is 11.9 Å². The number of H-pyrrole nitrogens is 1. The van der Waals surface area contributed by atoms with E-state index in [1.807, 2.05) is 24.3 Å². The van der Waals surface area contributed by atoms with Gasteiger partial charge in [0, 0.05) is 16.9 Å². The number of anilines is 1. The van der Waals surface area contributed by atoms with E-state index in [1.165, 1.54) is 5.56 Å². The number of aliphatic hydroxyl groups is 1. The fourth-order valence-corrected chi connectivity index (χ4v) is 3.13. The topological polar surface area (TPSA) is 91.4 Å². The number of carbonyl (C=O) groups is 2. The van der Waals surface area contributed by atoms with Gasteiger partial charge in [-0.25, -0.2) is 4.79 Å². The number of carbonyl (C=O) groups excluding carboxylic acids is 2. The van der Waals surface area contributed by atoms with E-state index in [2.05, 4.69) is 24.1 Å². The Kier molecular flexibility index (Phi) is 6.80. The van der Waals surface area contributed by atoms with Gasteiger partial charge in [-0.1, -0.05) is 26.0 Å². The minimum atomic E-state index is -0.690. The van der Waals surface area contributed by atoms with Crippen LogP contribution < -0.4 is 5.32 Å². The van der Waals surface area contributed by atoms with Crippen LogP contribution in [0.2, 0.25) is 0 Å². The summed E-state index contributed by atoms with van der Waals surface area (Å²) < 4.78 is 5.11. The van der Waals surface area contributed by atoms with Crippen molar-refractivity contribution >= 4 is 17.6 Å². The molecule has 3 N–H and O–H groups in total. The molecule has 1 aromatic heterocycles. The van der Waals surface area contributed by atoms with E-state index in [0.717, 1.165) is 6.42 Å². The van der Waals surface area contributed by atoms with Crippen molar-refractivity contribution in [3.63, 3.8) is 0 Å². The van der Waals surface area contributed by atoms with Crippen molar-refractivity contribution in [2.24, 2.45) is 0 Å². The Hall–Kier alpha value is -2.60. The van der Waals surface area contributed by atoms with E-state index >= 15 is 0 Å². The highest BCUT2D eigenvalue weighted by molar-refractivity contribution is 5.95. The smallest absolute Gasteiger partial charge is 0.355 e. The van der Waals surface area contributed by atoms with Crippen LogP contribution in [-0.2, 0) is 9.53 Å². The van der Waals surface area contributed by atoms with Gasteiger partial charge >= 0.3 is 5.97 Å². The van der Waals surface area contributed by atoms with Crippen LogP contribution in [0.15, 0.2) is 24.3 Å². The summed E-state index contributed by atoms with van der Waals surface area (Å²) in [6.07, 6.45) is 0.361. The largest absolute Gasteiger partial charge is 0.451 e. The number of esters is 1. The Morgan fingerprint density at radius 2 is 1.81 bits per heavy atom. The van der Waals surface area contributed by atoms with Crippen LogP contribution in [-0.4, -0.2) is 28.6 Å². The first-order valence-corrected chi connectivity index (χ1v) is 9.18. The maximum atomic E-state index is 12.2. The molecule has 6 nitrogen and oxygen atoms in total. The van der Waals surface area contributed by atoms with Crippen molar-refractivity contribution in [1.29, 1.82) is 0 Å². The van der Waals surface area contributed by atoms with Gasteiger partial charge in [-0.05, 0) is 56.4 Å². The molecule has 0 radical (unpaired) electrons. The molecule has 1 heterocycles. The molecule has 146 valence electrons. The van der Waals surface area contributed by atoms with Crippen molar-refractivity contribution in [2.45, 2.75) is 53.1 Å². The highest BCUT2D eigenvalue weighted by atomic mass is 16.5. The molecule has 0 bridgehead atoms. The summed E-state index contributed by atoms with van der Waals surface area (Å²) in [7, 11) is 0. The molecule has 0 aliphatic carbocycles. The minimum Gasteiger partial charge on any atom is -0.451 e. The Bertz CT molecular complexity index is 806. The lowest BCUT2D eigenvalue weighted by atomic mass is 9.99. The number of aliphatic hydroxyl groups excluding tert-OH is 1. The fraction of sp³-hybridized carbons (Fsp3) is 0.429. The van der Waals surface area contributed by atoms with E-state index in [1.54, 1.807) is 20.8 Å². The zero-order valence-electron chi connectivity index (χ0n) is 16.6. The summed E-state index contributed by atoms with van der Waals surface area (Å²) in [5.74, 6) is -0.559. The maximum Gasteiger partial charge on any atom is 0.355 e. The predicted molar refractivity (Wildman–Crippen MR) is 105 cm³/mol. The molecule has 2 rings (SSSR count).